The second-order valence-corrected chi connectivity index (χ2v) is 4.34. The van der Waals surface area contributed by atoms with Crippen LogP contribution in [0.2, 0.25) is 0 Å². The highest BCUT2D eigenvalue weighted by molar-refractivity contribution is 5.82. The van der Waals surface area contributed by atoms with E-state index in [0.29, 0.717) is 18.6 Å². The molecule has 0 bridgehead atoms. The van der Waals surface area contributed by atoms with Gasteiger partial charge in [0.2, 0.25) is 0 Å². The van der Waals surface area contributed by atoms with Gasteiger partial charge < -0.3 is 25.4 Å². The van der Waals surface area contributed by atoms with Gasteiger partial charge in [-0.2, -0.15) is 0 Å². The van der Waals surface area contributed by atoms with Gasteiger partial charge in [0.1, 0.15) is 0 Å². The molecule has 1 heterocycles. The smallest absolute Gasteiger partial charge is 0.404 e. The molecule has 0 aliphatic heterocycles. The van der Waals surface area contributed by atoms with Crippen LogP contribution >= 0.6 is 0 Å². The number of rotatable bonds is 8. The number of carboxylic acid groups (broad SMARTS) is 1. The van der Waals surface area contributed by atoms with Crippen LogP contribution in [-0.2, 0) is 11.3 Å². The number of carbonyl (C=O) groups excluding carboxylic acids is 1. The quantitative estimate of drug-likeness (QED) is 0.550. The second kappa shape index (κ2) is 8.16. The molecule has 0 aromatic carbocycles. The Kier molecular flexibility index (Phi) is 6.51. The van der Waals surface area contributed by atoms with Crippen LogP contribution in [-0.4, -0.2) is 39.5 Å². The van der Waals surface area contributed by atoms with Crippen molar-refractivity contribution in [3.63, 3.8) is 0 Å². The Morgan fingerprint density at radius 1 is 1.50 bits per heavy atom. The maximum atomic E-state index is 11.8. The van der Waals surface area contributed by atoms with E-state index < -0.39 is 24.1 Å². The average molecular weight is 285 g/mol. The van der Waals surface area contributed by atoms with Crippen LogP contribution in [0.15, 0.2) is 16.8 Å². The summed E-state index contributed by atoms with van der Waals surface area (Å²) in [5.74, 6) is -0.210. The lowest BCUT2D eigenvalue weighted by Crippen LogP contribution is -2.50. The van der Waals surface area contributed by atoms with Crippen LogP contribution in [0.1, 0.15) is 31.9 Å². The number of unbranched alkanes of at least 4 members (excludes halogenated alkanes) is 1. The topological polar surface area (TPSA) is 125 Å². The number of aliphatic hydroxyl groups is 1. The van der Waals surface area contributed by atoms with Crippen molar-refractivity contribution in [1.82, 2.24) is 15.8 Å². The fourth-order valence-electron chi connectivity index (χ4n) is 1.69. The number of aromatic nitrogens is 1. The van der Waals surface area contributed by atoms with E-state index in [1.807, 2.05) is 6.92 Å². The lowest BCUT2D eigenvalue weighted by molar-refractivity contribution is -0.131. The normalized spacial score (nSPS) is 13.5. The van der Waals surface area contributed by atoms with Gasteiger partial charge in [0.25, 0.3) is 5.91 Å². The number of nitrogens with one attached hydrogen (secondary N) is 2. The summed E-state index contributed by atoms with van der Waals surface area (Å²) in [4.78, 5) is 22.4. The van der Waals surface area contributed by atoms with E-state index in [1.54, 1.807) is 6.07 Å². The van der Waals surface area contributed by atoms with E-state index in [-0.39, 0.29) is 6.54 Å². The van der Waals surface area contributed by atoms with E-state index in [2.05, 4.69) is 15.8 Å². The van der Waals surface area contributed by atoms with Crippen molar-refractivity contribution in [2.75, 3.05) is 0 Å². The lowest BCUT2D eigenvalue weighted by atomic mass is 10.0. The zero-order valence-electron chi connectivity index (χ0n) is 11.2. The minimum absolute atomic E-state index is 0.0868. The standard InChI is InChI=1S/C12H19N3O5/c1-2-3-4-9(15-12(18)19)10(16)11(17)13-7-8-5-6-14-20-8/h5-6,9-10,15-16H,2-4,7H2,1H3,(H,13,17)(H,18,19)/t9?,10-/m0/s1. The predicted octanol–water partition coefficient (Wildman–Crippen LogP) is 0.478. The molecule has 2 amide bonds. The molecule has 4 N–H and O–H groups in total. The van der Waals surface area contributed by atoms with Crippen molar-refractivity contribution in [2.24, 2.45) is 0 Å². The molecule has 112 valence electrons. The van der Waals surface area contributed by atoms with Gasteiger partial charge >= 0.3 is 6.09 Å². The summed E-state index contributed by atoms with van der Waals surface area (Å²) in [6.07, 6.45) is 0.656. The molecule has 1 unspecified atom stereocenters. The zero-order chi connectivity index (χ0) is 15.0. The van der Waals surface area contributed by atoms with Gasteiger partial charge in [0, 0.05) is 6.07 Å². The Hall–Kier alpha value is -2.09. The predicted molar refractivity (Wildman–Crippen MR) is 68.8 cm³/mol. The third kappa shape index (κ3) is 5.27. The highest BCUT2D eigenvalue weighted by Crippen LogP contribution is 2.06. The van der Waals surface area contributed by atoms with Crippen molar-refractivity contribution in [2.45, 2.75) is 44.9 Å². The molecule has 0 fully saturated rings. The first-order valence-electron chi connectivity index (χ1n) is 6.39. The van der Waals surface area contributed by atoms with Gasteiger partial charge in [0.15, 0.2) is 11.9 Å². The fourth-order valence-corrected chi connectivity index (χ4v) is 1.69. The second-order valence-electron chi connectivity index (χ2n) is 4.34. The van der Waals surface area contributed by atoms with Gasteiger partial charge in [-0.25, -0.2) is 4.79 Å². The van der Waals surface area contributed by atoms with Gasteiger partial charge in [0.05, 0.1) is 18.8 Å². The van der Waals surface area contributed by atoms with Crippen LogP contribution in [0.25, 0.3) is 0 Å². The molecule has 8 nitrogen and oxygen atoms in total. The minimum Gasteiger partial charge on any atom is -0.465 e. The van der Waals surface area contributed by atoms with Crippen molar-refractivity contribution < 1.29 is 24.3 Å². The minimum atomic E-state index is -1.44. The van der Waals surface area contributed by atoms with Crippen molar-refractivity contribution in [3.8, 4) is 0 Å². The molecule has 20 heavy (non-hydrogen) atoms. The summed E-state index contributed by atoms with van der Waals surface area (Å²) in [6.45, 7) is 2.03. The molecule has 0 saturated heterocycles. The van der Waals surface area contributed by atoms with Crippen LogP contribution in [0.5, 0.6) is 0 Å². The summed E-state index contributed by atoms with van der Waals surface area (Å²) >= 11 is 0. The summed E-state index contributed by atoms with van der Waals surface area (Å²) in [5, 5.41) is 26.7. The van der Waals surface area contributed by atoms with Crippen molar-refractivity contribution in [1.29, 1.82) is 0 Å². The Morgan fingerprint density at radius 3 is 2.80 bits per heavy atom. The van der Waals surface area contributed by atoms with Crippen LogP contribution in [0.3, 0.4) is 0 Å². The first-order valence-corrected chi connectivity index (χ1v) is 6.39. The fraction of sp³-hybridized carbons (Fsp3) is 0.583. The molecule has 8 heteroatoms. The monoisotopic (exact) mass is 285 g/mol. The molecule has 2 atom stereocenters. The maximum absolute atomic E-state index is 11.8. The highest BCUT2D eigenvalue weighted by Gasteiger charge is 2.27. The SMILES string of the molecule is CCCCC(NC(=O)O)[C@H](O)C(=O)NCc1ccno1. The van der Waals surface area contributed by atoms with Crippen LogP contribution in [0, 0.1) is 0 Å². The molecule has 1 rings (SSSR count). The zero-order valence-corrected chi connectivity index (χ0v) is 11.2. The third-order valence-corrected chi connectivity index (χ3v) is 2.76. The largest absolute Gasteiger partial charge is 0.465 e. The maximum Gasteiger partial charge on any atom is 0.404 e. The first kappa shape index (κ1) is 16.0. The Morgan fingerprint density at radius 2 is 2.25 bits per heavy atom. The van der Waals surface area contributed by atoms with Crippen LogP contribution in [0.4, 0.5) is 4.79 Å². The Labute approximate surface area is 116 Å². The lowest BCUT2D eigenvalue weighted by Gasteiger charge is -2.21. The van der Waals surface area contributed by atoms with Gasteiger partial charge in [-0.3, -0.25) is 4.79 Å². The first-order chi connectivity index (χ1) is 9.54. The number of aliphatic hydroxyl groups excluding tert-OH is 1. The number of amides is 2. The van der Waals surface area contributed by atoms with Crippen molar-refractivity contribution >= 4 is 12.0 Å². The third-order valence-electron chi connectivity index (χ3n) is 2.76. The Balaban J connectivity index is 2.50. The summed E-state index contributed by atoms with van der Waals surface area (Å²) in [5.41, 5.74) is 0. The number of hydrogen-bond donors (Lipinski definition) is 4. The average Bonchev–Trinajstić information content (AvgIpc) is 2.92. The van der Waals surface area contributed by atoms with Gasteiger partial charge in [-0.05, 0) is 6.42 Å². The van der Waals surface area contributed by atoms with E-state index in [4.69, 9.17) is 9.63 Å². The molecule has 0 saturated carbocycles. The highest BCUT2D eigenvalue weighted by atomic mass is 16.5. The molecule has 0 aliphatic carbocycles. The molecule has 0 aliphatic rings. The molecule has 0 radical (unpaired) electrons. The summed E-state index contributed by atoms with van der Waals surface area (Å²) in [6, 6.07) is 0.749. The molecular weight excluding hydrogens is 266 g/mol. The molecule has 1 aromatic heterocycles. The van der Waals surface area contributed by atoms with Crippen LogP contribution < -0.4 is 10.6 Å². The van der Waals surface area contributed by atoms with Crippen molar-refractivity contribution in [3.05, 3.63) is 18.0 Å². The number of carbonyl (C=O) groups is 2. The van der Waals surface area contributed by atoms with Gasteiger partial charge in [-0.1, -0.05) is 24.9 Å². The van der Waals surface area contributed by atoms with E-state index in [9.17, 15) is 14.7 Å². The number of nitrogens with zero attached hydrogens (tertiary/aromatic N) is 1. The molecule has 0 spiro atoms. The number of hydrogen-bond acceptors (Lipinski definition) is 5. The van der Waals surface area contributed by atoms with Gasteiger partial charge in [-0.15, -0.1) is 0 Å². The summed E-state index contributed by atoms with van der Waals surface area (Å²) in [7, 11) is 0. The summed E-state index contributed by atoms with van der Waals surface area (Å²) < 4.78 is 4.80. The van der Waals surface area contributed by atoms with E-state index >= 15 is 0 Å². The van der Waals surface area contributed by atoms with E-state index in [1.165, 1.54) is 6.20 Å². The molecule has 1 aromatic rings. The van der Waals surface area contributed by atoms with E-state index in [0.717, 1.165) is 6.42 Å². The molecular formula is C12H19N3O5. The Bertz CT molecular complexity index is 421.